The van der Waals surface area contributed by atoms with Crippen LogP contribution in [-0.4, -0.2) is 11.5 Å². The van der Waals surface area contributed by atoms with Gasteiger partial charge in [0.1, 0.15) is 0 Å². The zero-order valence-electron chi connectivity index (χ0n) is 12.4. The zero-order valence-corrected chi connectivity index (χ0v) is 15.5. The van der Waals surface area contributed by atoms with Gasteiger partial charge < -0.3 is 5.32 Å². The second-order valence-corrected chi connectivity index (χ2v) is 7.07. The number of hydrogen-bond acceptors (Lipinski definition) is 2. The van der Waals surface area contributed by atoms with Crippen LogP contribution in [0.4, 0.5) is 0 Å². The fraction of sp³-hybridized carbons (Fsp3) is 0.353. The maximum Gasteiger partial charge on any atom is 0.0423 e. The number of halogens is 2. The predicted octanol–water partition coefficient (Wildman–Crippen LogP) is 5.20. The van der Waals surface area contributed by atoms with Crippen LogP contribution in [0.1, 0.15) is 36.2 Å². The van der Waals surface area contributed by atoms with Crippen LogP contribution < -0.4 is 5.32 Å². The van der Waals surface area contributed by atoms with Gasteiger partial charge in [0.25, 0.3) is 0 Å². The second kappa shape index (κ2) is 8.06. The van der Waals surface area contributed by atoms with Crippen LogP contribution in [0.5, 0.6) is 0 Å². The van der Waals surface area contributed by atoms with Crippen molar-refractivity contribution < 1.29 is 0 Å². The van der Waals surface area contributed by atoms with Gasteiger partial charge >= 0.3 is 0 Å². The zero-order chi connectivity index (χ0) is 15.2. The summed E-state index contributed by atoms with van der Waals surface area (Å²) >= 11 is 7.03. The number of pyridine rings is 1. The molecule has 0 fully saturated rings. The molecule has 1 aromatic heterocycles. The van der Waals surface area contributed by atoms with Crippen LogP contribution in [0.15, 0.2) is 45.5 Å². The highest BCUT2D eigenvalue weighted by atomic mass is 79.9. The largest absolute Gasteiger partial charge is 0.310 e. The number of benzene rings is 1. The molecule has 0 aliphatic carbocycles. The molecule has 0 amide bonds. The average Bonchev–Trinajstić information content (AvgIpc) is 2.44. The lowest BCUT2D eigenvalue weighted by Crippen LogP contribution is -2.24. The minimum absolute atomic E-state index is 0.287. The molecule has 1 atom stereocenters. The third-order valence-corrected chi connectivity index (χ3v) is 4.24. The van der Waals surface area contributed by atoms with Crippen molar-refractivity contribution in [1.29, 1.82) is 0 Å². The molecule has 1 aromatic carbocycles. The fourth-order valence-corrected chi connectivity index (χ4v) is 3.19. The Kier molecular flexibility index (Phi) is 6.40. The quantitative estimate of drug-likeness (QED) is 0.706. The summed E-state index contributed by atoms with van der Waals surface area (Å²) in [6, 6.07) is 11.0. The average molecular weight is 412 g/mol. The SMILES string of the molecule is CCCNC(Cc1ccc(Br)cn1)c1cc(C)cc(Br)c1. The number of nitrogens with one attached hydrogen (secondary N) is 1. The van der Waals surface area contributed by atoms with Crippen molar-refractivity contribution >= 4 is 31.9 Å². The van der Waals surface area contributed by atoms with Gasteiger partial charge in [0.05, 0.1) is 0 Å². The monoisotopic (exact) mass is 410 g/mol. The van der Waals surface area contributed by atoms with Gasteiger partial charge in [0.15, 0.2) is 0 Å². The first-order chi connectivity index (χ1) is 10.1. The Balaban J connectivity index is 2.22. The summed E-state index contributed by atoms with van der Waals surface area (Å²) in [7, 11) is 0. The van der Waals surface area contributed by atoms with E-state index in [0.717, 1.165) is 34.0 Å². The molecule has 1 N–H and O–H groups in total. The van der Waals surface area contributed by atoms with Crippen LogP contribution >= 0.6 is 31.9 Å². The van der Waals surface area contributed by atoms with Crippen molar-refractivity contribution in [2.24, 2.45) is 0 Å². The normalized spacial score (nSPS) is 12.4. The smallest absolute Gasteiger partial charge is 0.0423 e. The summed E-state index contributed by atoms with van der Waals surface area (Å²) in [5.74, 6) is 0. The molecule has 0 bridgehead atoms. The van der Waals surface area contributed by atoms with Crippen molar-refractivity contribution in [3.63, 3.8) is 0 Å². The highest BCUT2D eigenvalue weighted by Crippen LogP contribution is 2.23. The molecule has 112 valence electrons. The number of nitrogens with zero attached hydrogens (tertiary/aromatic N) is 1. The third-order valence-electron chi connectivity index (χ3n) is 3.31. The number of rotatable bonds is 6. The van der Waals surface area contributed by atoms with Crippen LogP contribution in [0, 0.1) is 6.92 Å². The van der Waals surface area contributed by atoms with E-state index in [1.807, 2.05) is 12.3 Å². The molecule has 1 unspecified atom stereocenters. The van der Waals surface area contributed by atoms with Crippen LogP contribution in [0.25, 0.3) is 0 Å². The van der Waals surface area contributed by atoms with Crippen molar-refractivity contribution in [1.82, 2.24) is 10.3 Å². The van der Waals surface area contributed by atoms with Gasteiger partial charge in [-0.3, -0.25) is 4.98 Å². The summed E-state index contributed by atoms with van der Waals surface area (Å²) in [4.78, 5) is 4.50. The Morgan fingerprint density at radius 3 is 2.57 bits per heavy atom. The number of hydrogen-bond donors (Lipinski definition) is 1. The van der Waals surface area contributed by atoms with Gasteiger partial charge in [0.2, 0.25) is 0 Å². The van der Waals surface area contributed by atoms with E-state index in [2.05, 4.69) is 80.3 Å². The third kappa shape index (κ3) is 5.20. The summed E-state index contributed by atoms with van der Waals surface area (Å²) < 4.78 is 2.15. The highest BCUT2D eigenvalue weighted by Gasteiger charge is 2.13. The van der Waals surface area contributed by atoms with Gasteiger partial charge in [0, 0.05) is 33.3 Å². The molecule has 0 spiro atoms. The molecule has 4 heteroatoms. The van der Waals surface area contributed by atoms with E-state index in [-0.39, 0.29) is 6.04 Å². The maximum absolute atomic E-state index is 4.50. The molecule has 2 nitrogen and oxygen atoms in total. The van der Waals surface area contributed by atoms with Gasteiger partial charge in [-0.1, -0.05) is 28.9 Å². The van der Waals surface area contributed by atoms with Gasteiger partial charge in [-0.25, -0.2) is 0 Å². The Labute approximate surface area is 143 Å². The van der Waals surface area contributed by atoms with E-state index < -0.39 is 0 Å². The van der Waals surface area contributed by atoms with Crippen LogP contribution in [0.2, 0.25) is 0 Å². The highest BCUT2D eigenvalue weighted by molar-refractivity contribution is 9.10. The molecule has 0 saturated carbocycles. The summed E-state index contributed by atoms with van der Waals surface area (Å²) in [5.41, 5.74) is 3.68. The van der Waals surface area contributed by atoms with Crippen molar-refractivity contribution in [2.75, 3.05) is 6.54 Å². The fourth-order valence-electron chi connectivity index (χ4n) is 2.33. The molecule has 2 aromatic rings. The topological polar surface area (TPSA) is 24.9 Å². The molecular formula is C17H20Br2N2. The first kappa shape index (κ1) is 16.7. The van der Waals surface area contributed by atoms with Crippen LogP contribution in [-0.2, 0) is 6.42 Å². The molecule has 21 heavy (non-hydrogen) atoms. The predicted molar refractivity (Wildman–Crippen MR) is 95.6 cm³/mol. The molecule has 2 rings (SSSR count). The summed E-state index contributed by atoms with van der Waals surface area (Å²) in [6.45, 7) is 5.32. The Morgan fingerprint density at radius 1 is 1.14 bits per heavy atom. The molecular weight excluding hydrogens is 392 g/mol. The van der Waals surface area contributed by atoms with E-state index in [4.69, 9.17) is 0 Å². The molecule has 0 aliphatic rings. The summed E-state index contributed by atoms with van der Waals surface area (Å²) in [6.07, 6.45) is 3.87. The number of aryl methyl sites for hydroxylation is 1. The van der Waals surface area contributed by atoms with E-state index in [1.54, 1.807) is 0 Å². The Morgan fingerprint density at radius 2 is 1.95 bits per heavy atom. The van der Waals surface area contributed by atoms with Gasteiger partial charge in [-0.2, -0.15) is 0 Å². The van der Waals surface area contributed by atoms with E-state index in [0.29, 0.717) is 0 Å². The lowest BCUT2D eigenvalue weighted by Gasteiger charge is -2.20. The van der Waals surface area contributed by atoms with Gasteiger partial charge in [-0.05, 0) is 71.2 Å². The first-order valence-corrected chi connectivity index (χ1v) is 8.78. The molecule has 0 aliphatic heterocycles. The summed E-state index contributed by atoms with van der Waals surface area (Å²) in [5, 5.41) is 3.63. The number of aromatic nitrogens is 1. The minimum Gasteiger partial charge on any atom is -0.310 e. The Hall–Kier alpha value is -0.710. The minimum atomic E-state index is 0.287. The van der Waals surface area contributed by atoms with E-state index in [1.165, 1.54) is 11.1 Å². The standard InChI is InChI=1S/C17H20Br2N2/c1-3-6-20-17(10-16-5-4-14(18)11-21-16)13-7-12(2)8-15(19)9-13/h4-5,7-9,11,17,20H,3,6,10H2,1-2H3. The first-order valence-electron chi connectivity index (χ1n) is 7.19. The van der Waals surface area contributed by atoms with E-state index >= 15 is 0 Å². The maximum atomic E-state index is 4.50. The lowest BCUT2D eigenvalue weighted by molar-refractivity contribution is 0.524. The van der Waals surface area contributed by atoms with Crippen molar-refractivity contribution in [3.05, 3.63) is 62.3 Å². The van der Waals surface area contributed by atoms with E-state index in [9.17, 15) is 0 Å². The molecule has 1 heterocycles. The van der Waals surface area contributed by atoms with Gasteiger partial charge in [-0.15, -0.1) is 0 Å². The molecule has 0 radical (unpaired) electrons. The van der Waals surface area contributed by atoms with Crippen molar-refractivity contribution in [2.45, 2.75) is 32.7 Å². The lowest BCUT2D eigenvalue weighted by atomic mass is 9.99. The molecule has 0 saturated heterocycles. The van der Waals surface area contributed by atoms with Crippen molar-refractivity contribution in [3.8, 4) is 0 Å². The Bertz CT molecular complexity index is 562. The second-order valence-electron chi connectivity index (χ2n) is 5.24. The van der Waals surface area contributed by atoms with Crippen LogP contribution in [0.3, 0.4) is 0 Å².